The number of hydrogen-bond acceptors (Lipinski definition) is 3. The Labute approximate surface area is 170 Å². The third kappa shape index (κ3) is 7.03. The van der Waals surface area contributed by atoms with E-state index in [4.69, 9.17) is 0 Å². The van der Waals surface area contributed by atoms with Crippen LogP contribution in [-0.2, 0) is 13.1 Å². The molecule has 0 unspecified atom stereocenters. The van der Waals surface area contributed by atoms with Crippen molar-refractivity contribution >= 4 is 47.2 Å². The molecule has 0 radical (unpaired) electrons. The molecule has 0 fully saturated rings. The number of nitrogens with zero attached hydrogens (tertiary/aromatic N) is 2. The van der Waals surface area contributed by atoms with E-state index in [1.807, 2.05) is 31.2 Å². The van der Waals surface area contributed by atoms with E-state index < -0.39 is 0 Å². The molecule has 0 saturated heterocycles. The monoisotopic (exact) mass is 472 g/mol. The Morgan fingerprint density at radius 3 is 2.40 bits per heavy atom. The van der Waals surface area contributed by atoms with Crippen molar-refractivity contribution < 1.29 is 4.79 Å². The van der Waals surface area contributed by atoms with E-state index in [0.717, 1.165) is 18.1 Å². The lowest BCUT2D eigenvalue weighted by Crippen LogP contribution is -2.36. The predicted octanol–water partition coefficient (Wildman–Crippen LogP) is 3.32. The second-order valence-electron chi connectivity index (χ2n) is 5.58. The van der Waals surface area contributed by atoms with Gasteiger partial charge in [-0.3, -0.25) is 4.79 Å². The predicted molar refractivity (Wildman–Crippen MR) is 116 cm³/mol. The molecule has 136 valence electrons. The normalized spacial score (nSPS) is 10.8. The molecule has 2 rings (SSSR count). The summed E-state index contributed by atoms with van der Waals surface area (Å²) < 4.78 is 0. The van der Waals surface area contributed by atoms with Gasteiger partial charge in [0.15, 0.2) is 5.96 Å². The SMILES string of the molecule is CCNC(=NCc1ccsc1)NCc1ccc(C(=O)N(C)C)cc1.I. The molecule has 1 amide bonds. The Balaban J connectivity index is 0.00000312. The molecule has 0 saturated carbocycles. The molecule has 0 spiro atoms. The van der Waals surface area contributed by atoms with Crippen molar-refractivity contribution in [1.82, 2.24) is 15.5 Å². The van der Waals surface area contributed by atoms with Gasteiger partial charge in [0.05, 0.1) is 6.54 Å². The lowest BCUT2D eigenvalue weighted by atomic mass is 10.1. The first kappa shape index (κ1) is 21.4. The van der Waals surface area contributed by atoms with Crippen LogP contribution in [0, 0.1) is 0 Å². The molecule has 2 N–H and O–H groups in total. The summed E-state index contributed by atoms with van der Waals surface area (Å²) in [6.07, 6.45) is 0. The molecule has 0 bridgehead atoms. The van der Waals surface area contributed by atoms with Crippen LogP contribution in [0.3, 0.4) is 0 Å². The van der Waals surface area contributed by atoms with Gasteiger partial charge in [-0.25, -0.2) is 4.99 Å². The first-order valence-corrected chi connectivity index (χ1v) is 8.88. The summed E-state index contributed by atoms with van der Waals surface area (Å²) in [7, 11) is 3.51. The minimum absolute atomic E-state index is 0. The smallest absolute Gasteiger partial charge is 0.253 e. The molecule has 1 aromatic carbocycles. The molecule has 0 aliphatic carbocycles. The second-order valence-corrected chi connectivity index (χ2v) is 6.36. The molecule has 25 heavy (non-hydrogen) atoms. The standard InChI is InChI=1S/C18H24N4OS.HI/c1-4-19-18(21-12-15-9-10-24-13-15)20-11-14-5-7-16(8-6-14)17(23)22(2)3;/h5-10,13H,4,11-12H2,1-3H3,(H2,19,20,21);1H. The van der Waals surface area contributed by atoms with E-state index in [9.17, 15) is 4.79 Å². The lowest BCUT2D eigenvalue weighted by Gasteiger charge is -2.12. The molecular weight excluding hydrogens is 447 g/mol. The lowest BCUT2D eigenvalue weighted by molar-refractivity contribution is 0.0827. The van der Waals surface area contributed by atoms with Crippen molar-refractivity contribution in [2.75, 3.05) is 20.6 Å². The van der Waals surface area contributed by atoms with E-state index in [0.29, 0.717) is 18.7 Å². The zero-order valence-electron chi connectivity index (χ0n) is 14.8. The maximum atomic E-state index is 11.9. The molecule has 1 aromatic heterocycles. The average molecular weight is 472 g/mol. The second kappa shape index (κ2) is 11.1. The zero-order valence-corrected chi connectivity index (χ0v) is 17.9. The number of rotatable bonds is 6. The van der Waals surface area contributed by atoms with Crippen LogP contribution in [-0.4, -0.2) is 37.4 Å². The third-order valence-electron chi connectivity index (χ3n) is 3.41. The van der Waals surface area contributed by atoms with Crippen molar-refractivity contribution in [3.05, 3.63) is 57.8 Å². The van der Waals surface area contributed by atoms with Crippen LogP contribution in [0.1, 0.15) is 28.4 Å². The van der Waals surface area contributed by atoms with E-state index in [2.05, 4.69) is 32.5 Å². The van der Waals surface area contributed by atoms with Crippen molar-refractivity contribution in [3.8, 4) is 0 Å². The van der Waals surface area contributed by atoms with E-state index in [1.54, 1.807) is 30.3 Å². The number of nitrogens with one attached hydrogen (secondary N) is 2. The maximum absolute atomic E-state index is 11.9. The van der Waals surface area contributed by atoms with Gasteiger partial charge in [0.1, 0.15) is 0 Å². The average Bonchev–Trinajstić information content (AvgIpc) is 3.10. The number of benzene rings is 1. The topological polar surface area (TPSA) is 56.7 Å². The third-order valence-corrected chi connectivity index (χ3v) is 4.14. The summed E-state index contributed by atoms with van der Waals surface area (Å²) in [5, 5.41) is 10.7. The molecule has 7 heteroatoms. The molecule has 5 nitrogen and oxygen atoms in total. The zero-order chi connectivity index (χ0) is 17.4. The highest BCUT2D eigenvalue weighted by atomic mass is 127. The summed E-state index contributed by atoms with van der Waals surface area (Å²) in [6, 6.07) is 9.72. The van der Waals surface area contributed by atoms with Crippen molar-refractivity contribution in [2.45, 2.75) is 20.0 Å². The first-order valence-electron chi connectivity index (χ1n) is 7.94. The minimum Gasteiger partial charge on any atom is -0.357 e. The van der Waals surface area contributed by atoms with Crippen molar-refractivity contribution in [3.63, 3.8) is 0 Å². The van der Waals surface area contributed by atoms with Gasteiger partial charge in [0, 0.05) is 32.7 Å². The Morgan fingerprint density at radius 1 is 1.12 bits per heavy atom. The Bertz CT molecular complexity index is 669. The highest BCUT2D eigenvalue weighted by Gasteiger charge is 2.07. The van der Waals surface area contributed by atoms with E-state index in [1.165, 1.54) is 5.56 Å². The number of aliphatic imine (C=N–C) groups is 1. The number of halogens is 1. The van der Waals surface area contributed by atoms with Crippen LogP contribution in [0.15, 0.2) is 46.1 Å². The van der Waals surface area contributed by atoms with Gasteiger partial charge in [-0.15, -0.1) is 24.0 Å². The number of carbonyl (C=O) groups is 1. The molecular formula is C18H25IN4OS. The number of guanidine groups is 1. The molecule has 2 aromatic rings. The summed E-state index contributed by atoms with van der Waals surface area (Å²) in [4.78, 5) is 18.0. The minimum atomic E-state index is 0. The Morgan fingerprint density at radius 2 is 1.84 bits per heavy atom. The largest absolute Gasteiger partial charge is 0.357 e. The highest BCUT2D eigenvalue weighted by Crippen LogP contribution is 2.08. The van der Waals surface area contributed by atoms with Crippen LogP contribution < -0.4 is 10.6 Å². The molecule has 0 atom stereocenters. The van der Waals surface area contributed by atoms with Crippen molar-refractivity contribution in [1.29, 1.82) is 0 Å². The maximum Gasteiger partial charge on any atom is 0.253 e. The molecule has 0 aliphatic rings. The first-order chi connectivity index (χ1) is 11.6. The Hall–Kier alpha value is -1.61. The summed E-state index contributed by atoms with van der Waals surface area (Å²) >= 11 is 1.68. The van der Waals surface area contributed by atoms with Gasteiger partial charge in [-0.05, 0) is 47.0 Å². The summed E-state index contributed by atoms with van der Waals surface area (Å²) in [5.74, 6) is 0.803. The van der Waals surface area contributed by atoms with E-state index >= 15 is 0 Å². The fraction of sp³-hybridized carbons (Fsp3) is 0.333. The van der Waals surface area contributed by atoms with Gasteiger partial charge in [-0.2, -0.15) is 11.3 Å². The number of thiophene rings is 1. The van der Waals surface area contributed by atoms with E-state index in [-0.39, 0.29) is 29.9 Å². The summed E-state index contributed by atoms with van der Waals surface area (Å²) in [6.45, 7) is 4.18. The fourth-order valence-electron chi connectivity index (χ4n) is 2.10. The van der Waals surface area contributed by atoms with Crippen LogP contribution in [0.5, 0.6) is 0 Å². The van der Waals surface area contributed by atoms with Crippen LogP contribution in [0.25, 0.3) is 0 Å². The van der Waals surface area contributed by atoms with Gasteiger partial charge < -0.3 is 15.5 Å². The summed E-state index contributed by atoms with van der Waals surface area (Å²) in [5.41, 5.74) is 3.01. The highest BCUT2D eigenvalue weighted by molar-refractivity contribution is 14.0. The molecule has 1 heterocycles. The van der Waals surface area contributed by atoms with Crippen LogP contribution >= 0.6 is 35.3 Å². The van der Waals surface area contributed by atoms with Gasteiger partial charge in [0.2, 0.25) is 0 Å². The van der Waals surface area contributed by atoms with Crippen LogP contribution in [0.4, 0.5) is 0 Å². The number of hydrogen-bond donors (Lipinski definition) is 2. The molecule has 0 aliphatic heterocycles. The fourth-order valence-corrected chi connectivity index (χ4v) is 2.76. The number of carbonyl (C=O) groups excluding carboxylic acids is 1. The number of amides is 1. The van der Waals surface area contributed by atoms with Crippen LogP contribution in [0.2, 0.25) is 0 Å². The van der Waals surface area contributed by atoms with Gasteiger partial charge >= 0.3 is 0 Å². The Kier molecular flexibility index (Phi) is 9.51. The van der Waals surface area contributed by atoms with Gasteiger partial charge in [0.25, 0.3) is 5.91 Å². The van der Waals surface area contributed by atoms with Gasteiger partial charge in [-0.1, -0.05) is 12.1 Å². The quantitative estimate of drug-likeness (QED) is 0.386. The van der Waals surface area contributed by atoms with Crippen molar-refractivity contribution in [2.24, 2.45) is 4.99 Å².